The molecule has 0 radical (unpaired) electrons. The van der Waals surface area contributed by atoms with Crippen LogP contribution in [0.25, 0.3) is 0 Å². The van der Waals surface area contributed by atoms with E-state index in [1.165, 1.54) is 16.9 Å². The minimum Gasteiger partial charge on any atom is -0.342 e. The summed E-state index contributed by atoms with van der Waals surface area (Å²) in [6.07, 6.45) is 1.54. The molecule has 1 unspecified atom stereocenters. The van der Waals surface area contributed by atoms with Crippen LogP contribution in [0.4, 0.5) is 5.13 Å². The number of amides is 3. The Morgan fingerprint density at radius 2 is 1.84 bits per heavy atom. The highest BCUT2D eigenvalue weighted by molar-refractivity contribution is 7.13. The third kappa shape index (κ3) is 5.12. The smallest absolute Gasteiger partial charge is 0.229 e. The Morgan fingerprint density at radius 3 is 2.48 bits per heavy atom. The van der Waals surface area contributed by atoms with Gasteiger partial charge in [0.25, 0.3) is 0 Å². The number of nitrogens with one attached hydrogen (secondary N) is 1. The third-order valence-electron chi connectivity index (χ3n) is 6.08. The normalized spacial score (nSPS) is 19.7. The number of hydrogen-bond acceptors (Lipinski definition) is 5. The lowest BCUT2D eigenvalue weighted by Crippen LogP contribution is -2.44. The Kier molecular flexibility index (Phi) is 6.36. The van der Waals surface area contributed by atoms with E-state index in [0.29, 0.717) is 44.2 Å². The molecule has 1 N–H and O–H groups in total. The number of aryl methyl sites for hydroxylation is 2. The van der Waals surface area contributed by atoms with Crippen LogP contribution >= 0.6 is 11.3 Å². The van der Waals surface area contributed by atoms with E-state index in [1.807, 2.05) is 48.4 Å². The molecule has 1 atom stereocenters. The summed E-state index contributed by atoms with van der Waals surface area (Å²) in [5.74, 6) is -0.360. The lowest BCUT2D eigenvalue weighted by Gasteiger charge is -2.32. The summed E-state index contributed by atoms with van der Waals surface area (Å²) in [5, 5.41) is 5.41. The average Bonchev–Trinajstić information content (AvgIpc) is 3.34. The van der Waals surface area contributed by atoms with Gasteiger partial charge in [0, 0.05) is 43.9 Å². The second kappa shape index (κ2) is 9.18. The summed E-state index contributed by atoms with van der Waals surface area (Å²) in [6, 6.07) is 8.13. The van der Waals surface area contributed by atoms with E-state index in [1.54, 1.807) is 4.90 Å². The molecule has 2 aliphatic heterocycles. The fourth-order valence-electron chi connectivity index (χ4n) is 4.24. The maximum atomic E-state index is 13.0. The molecule has 2 aromatic rings. The molecule has 0 spiro atoms. The molecule has 3 amide bonds. The van der Waals surface area contributed by atoms with Crippen LogP contribution in [0.3, 0.4) is 0 Å². The van der Waals surface area contributed by atoms with Gasteiger partial charge in [0.1, 0.15) is 0 Å². The van der Waals surface area contributed by atoms with Crippen molar-refractivity contribution < 1.29 is 14.4 Å². The fraction of sp³-hybridized carbons (Fsp3) is 0.478. The molecule has 31 heavy (non-hydrogen) atoms. The molecule has 2 fully saturated rings. The van der Waals surface area contributed by atoms with E-state index in [9.17, 15) is 14.4 Å². The van der Waals surface area contributed by atoms with Gasteiger partial charge < -0.3 is 15.1 Å². The van der Waals surface area contributed by atoms with Crippen LogP contribution in [0.5, 0.6) is 0 Å². The van der Waals surface area contributed by atoms with Gasteiger partial charge in [-0.15, -0.1) is 11.3 Å². The van der Waals surface area contributed by atoms with Crippen molar-refractivity contribution in [2.24, 2.45) is 11.8 Å². The van der Waals surface area contributed by atoms with E-state index in [-0.39, 0.29) is 36.0 Å². The zero-order valence-electron chi connectivity index (χ0n) is 18.0. The number of thiazole rings is 1. The molecule has 2 saturated heterocycles. The predicted octanol–water partition coefficient (Wildman–Crippen LogP) is 2.99. The first-order chi connectivity index (χ1) is 14.9. The number of benzene rings is 1. The summed E-state index contributed by atoms with van der Waals surface area (Å²) in [7, 11) is 0. The number of nitrogens with zero attached hydrogens (tertiary/aromatic N) is 3. The summed E-state index contributed by atoms with van der Waals surface area (Å²) >= 11 is 1.42. The van der Waals surface area contributed by atoms with Gasteiger partial charge in [0.05, 0.1) is 11.6 Å². The molecular formula is C23H28N4O3S. The maximum Gasteiger partial charge on any atom is 0.229 e. The van der Waals surface area contributed by atoms with Crippen molar-refractivity contribution in [3.63, 3.8) is 0 Å². The van der Waals surface area contributed by atoms with E-state index in [0.717, 1.165) is 11.3 Å². The lowest BCUT2D eigenvalue weighted by atomic mass is 9.94. The third-order valence-corrected chi connectivity index (χ3v) is 6.96. The number of carbonyl (C=O) groups excluding carboxylic acids is 3. The van der Waals surface area contributed by atoms with Gasteiger partial charge in [-0.05, 0) is 32.3 Å². The van der Waals surface area contributed by atoms with Crippen LogP contribution in [-0.2, 0) is 20.9 Å². The van der Waals surface area contributed by atoms with Crippen molar-refractivity contribution in [1.82, 2.24) is 14.8 Å². The van der Waals surface area contributed by atoms with Crippen LogP contribution in [0.1, 0.15) is 36.1 Å². The lowest BCUT2D eigenvalue weighted by molar-refractivity contribution is -0.138. The number of aromatic nitrogens is 1. The molecule has 2 aliphatic rings. The van der Waals surface area contributed by atoms with Crippen molar-refractivity contribution in [2.45, 2.75) is 39.7 Å². The zero-order valence-corrected chi connectivity index (χ0v) is 18.8. The molecule has 0 bridgehead atoms. The molecular weight excluding hydrogens is 412 g/mol. The summed E-state index contributed by atoms with van der Waals surface area (Å²) in [4.78, 5) is 45.8. The number of rotatable bonds is 5. The largest absolute Gasteiger partial charge is 0.342 e. The van der Waals surface area contributed by atoms with Crippen LogP contribution in [0.2, 0.25) is 0 Å². The van der Waals surface area contributed by atoms with Gasteiger partial charge in [0.2, 0.25) is 17.7 Å². The second-order valence-corrected chi connectivity index (χ2v) is 9.40. The number of likely N-dealkylation sites (tertiary alicyclic amines) is 2. The van der Waals surface area contributed by atoms with Gasteiger partial charge in [-0.25, -0.2) is 4.98 Å². The van der Waals surface area contributed by atoms with Crippen molar-refractivity contribution in [3.8, 4) is 0 Å². The predicted molar refractivity (Wildman–Crippen MR) is 119 cm³/mol. The highest BCUT2D eigenvalue weighted by Crippen LogP contribution is 2.26. The molecule has 0 saturated carbocycles. The molecule has 3 heterocycles. The first kappa shape index (κ1) is 21.5. The number of hydrogen-bond donors (Lipinski definition) is 1. The monoisotopic (exact) mass is 440 g/mol. The standard InChI is InChI=1S/C23H28N4O3S/c1-15-3-5-17(6-4-15)12-27-13-19(11-20(27)28)22(30)26-9-7-18(8-10-26)21(29)25-23-24-16(2)14-31-23/h3-6,14,18-19H,7-13H2,1-2H3,(H,24,25,29). The van der Waals surface area contributed by atoms with Gasteiger partial charge in [-0.1, -0.05) is 29.8 Å². The Morgan fingerprint density at radius 1 is 1.13 bits per heavy atom. The van der Waals surface area contributed by atoms with Crippen LogP contribution in [0.15, 0.2) is 29.6 Å². The van der Waals surface area contributed by atoms with Gasteiger partial charge >= 0.3 is 0 Å². The molecule has 7 nitrogen and oxygen atoms in total. The summed E-state index contributed by atoms with van der Waals surface area (Å²) in [6.45, 7) is 6.04. The molecule has 1 aromatic carbocycles. The van der Waals surface area contributed by atoms with E-state index >= 15 is 0 Å². The first-order valence-electron chi connectivity index (χ1n) is 10.7. The van der Waals surface area contributed by atoms with Crippen molar-refractivity contribution in [2.75, 3.05) is 25.0 Å². The molecule has 0 aliphatic carbocycles. The average molecular weight is 441 g/mol. The van der Waals surface area contributed by atoms with Gasteiger partial charge in [0.15, 0.2) is 5.13 Å². The van der Waals surface area contributed by atoms with E-state index in [4.69, 9.17) is 0 Å². The van der Waals surface area contributed by atoms with E-state index < -0.39 is 0 Å². The highest BCUT2D eigenvalue weighted by atomic mass is 32.1. The Balaban J connectivity index is 1.27. The highest BCUT2D eigenvalue weighted by Gasteiger charge is 2.38. The SMILES string of the molecule is Cc1ccc(CN2CC(C(=O)N3CCC(C(=O)Nc4nc(C)cs4)CC3)CC2=O)cc1. The van der Waals surface area contributed by atoms with Crippen LogP contribution < -0.4 is 5.32 Å². The summed E-state index contributed by atoms with van der Waals surface area (Å²) < 4.78 is 0. The molecule has 1 aromatic heterocycles. The Hall–Kier alpha value is -2.74. The zero-order chi connectivity index (χ0) is 22.0. The van der Waals surface area contributed by atoms with Gasteiger partial charge in [-0.2, -0.15) is 0 Å². The number of carbonyl (C=O) groups is 3. The number of piperidine rings is 1. The van der Waals surface area contributed by atoms with Crippen molar-refractivity contribution in [1.29, 1.82) is 0 Å². The fourth-order valence-corrected chi connectivity index (χ4v) is 4.93. The quantitative estimate of drug-likeness (QED) is 0.775. The Bertz CT molecular complexity index is 963. The van der Waals surface area contributed by atoms with Gasteiger partial charge in [-0.3, -0.25) is 14.4 Å². The number of anilines is 1. The second-order valence-electron chi connectivity index (χ2n) is 8.54. The maximum absolute atomic E-state index is 13.0. The van der Waals surface area contributed by atoms with Crippen LogP contribution in [-0.4, -0.2) is 52.1 Å². The van der Waals surface area contributed by atoms with E-state index in [2.05, 4.69) is 10.3 Å². The minimum absolute atomic E-state index is 0.0261. The minimum atomic E-state index is -0.290. The molecule has 8 heteroatoms. The van der Waals surface area contributed by atoms with Crippen molar-refractivity contribution >= 4 is 34.2 Å². The first-order valence-corrected chi connectivity index (χ1v) is 11.6. The molecule has 164 valence electrons. The summed E-state index contributed by atoms with van der Waals surface area (Å²) in [5.41, 5.74) is 3.15. The topological polar surface area (TPSA) is 82.6 Å². The van der Waals surface area contributed by atoms with Crippen LogP contribution in [0, 0.1) is 25.7 Å². The molecule has 4 rings (SSSR count). The Labute approximate surface area is 186 Å². The van der Waals surface area contributed by atoms with Crippen molar-refractivity contribution in [3.05, 3.63) is 46.5 Å².